The highest BCUT2D eigenvalue weighted by atomic mass is 16.5. The van der Waals surface area contributed by atoms with Crippen LogP contribution in [0.2, 0.25) is 0 Å². The van der Waals surface area contributed by atoms with E-state index in [9.17, 15) is 5.11 Å². The zero-order valence-electron chi connectivity index (χ0n) is 8.82. The molecule has 0 bridgehead atoms. The van der Waals surface area contributed by atoms with E-state index in [1.807, 2.05) is 24.3 Å². The maximum Gasteiger partial charge on any atom is 0.118 e. The molecule has 0 aliphatic carbocycles. The number of rotatable bonds is 3. The quantitative estimate of drug-likeness (QED) is 0.767. The molecule has 0 saturated carbocycles. The Morgan fingerprint density at radius 1 is 1.29 bits per heavy atom. The van der Waals surface area contributed by atoms with Crippen LogP contribution in [0, 0.1) is 0 Å². The Hall–Kier alpha value is -1.06. The third-order valence-electron chi connectivity index (χ3n) is 2.14. The highest BCUT2D eigenvalue weighted by Crippen LogP contribution is 2.24. The molecular weight excluding hydrogens is 178 g/mol. The molecule has 3 nitrogen and oxygen atoms in total. The van der Waals surface area contributed by atoms with E-state index in [-0.39, 0.29) is 0 Å². The van der Waals surface area contributed by atoms with Crippen molar-refractivity contribution in [1.82, 2.24) is 0 Å². The molecule has 14 heavy (non-hydrogen) atoms. The number of ether oxygens (including phenoxy) is 1. The van der Waals surface area contributed by atoms with E-state index in [2.05, 4.69) is 0 Å². The van der Waals surface area contributed by atoms with Gasteiger partial charge in [0.05, 0.1) is 13.2 Å². The Balaban J connectivity index is 2.87. The van der Waals surface area contributed by atoms with E-state index in [4.69, 9.17) is 10.5 Å². The second-order valence-corrected chi connectivity index (χ2v) is 4.00. The predicted molar refractivity (Wildman–Crippen MR) is 56.2 cm³/mol. The molecule has 3 heteroatoms. The molecule has 0 heterocycles. The van der Waals surface area contributed by atoms with Gasteiger partial charge < -0.3 is 15.6 Å². The van der Waals surface area contributed by atoms with Gasteiger partial charge in [0.25, 0.3) is 0 Å². The molecule has 1 atom stereocenters. The average molecular weight is 195 g/mol. The third kappa shape index (κ3) is 2.47. The van der Waals surface area contributed by atoms with Gasteiger partial charge in [0, 0.05) is 5.54 Å². The molecule has 0 radical (unpaired) electrons. The van der Waals surface area contributed by atoms with Crippen LogP contribution in [0.5, 0.6) is 5.75 Å². The average Bonchev–Trinajstić information content (AvgIpc) is 2.15. The van der Waals surface area contributed by atoms with E-state index < -0.39 is 11.6 Å². The third-order valence-corrected chi connectivity index (χ3v) is 2.14. The molecule has 0 spiro atoms. The first-order chi connectivity index (χ1) is 6.45. The maximum atomic E-state index is 9.85. The number of nitrogens with two attached hydrogens (primary N) is 1. The second-order valence-electron chi connectivity index (χ2n) is 4.00. The smallest absolute Gasteiger partial charge is 0.118 e. The van der Waals surface area contributed by atoms with Crippen molar-refractivity contribution in [3.63, 3.8) is 0 Å². The lowest BCUT2D eigenvalue weighted by molar-refractivity contribution is 0.104. The van der Waals surface area contributed by atoms with Crippen molar-refractivity contribution in [3.8, 4) is 5.75 Å². The van der Waals surface area contributed by atoms with Crippen molar-refractivity contribution in [2.24, 2.45) is 5.73 Å². The van der Waals surface area contributed by atoms with E-state index in [0.29, 0.717) is 0 Å². The van der Waals surface area contributed by atoms with Crippen LogP contribution in [0.3, 0.4) is 0 Å². The highest BCUT2D eigenvalue weighted by Gasteiger charge is 2.23. The molecule has 0 aromatic heterocycles. The summed E-state index contributed by atoms with van der Waals surface area (Å²) in [7, 11) is 1.61. The van der Waals surface area contributed by atoms with Gasteiger partial charge in [-0.3, -0.25) is 0 Å². The summed E-state index contributed by atoms with van der Waals surface area (Å²) >= 11 is 0. The Morgan fingerprint density at radius 3 is 2.14 bits per heavy atom. The topological polar surface area (TPSA) is 55.5 Å². The fraction of sp³-hybridized carbons (Fsp3) is 0.455. The number of hydrogen-bond donors (Lipinski definition) is 2. The van der Waals surface area contributed by atoms with Crippen LogP contribution in [0.4, 0.5) is 0 Å². The maximum absolute atomic E-state index is 9.85. The number of methoxy groups -OCH3 is 1. The molecule has 1 rings (SSSR count). The van der Waals surface area contributed by atoms with Crippen LogP contribution in [0.1, 0.15) is 25.5 Å². The molecule has 0 amide bonds. The Kier molecular flexibility index (Phi) is 3.13. The van der Waals surface area contributed by atoms with Gasteiger partial charge in [-0.2, -0.15) is 0 Å². The largest absolute Gasteiger partial charge is 0.497 e. The molecule has 78 valence electrons. The van der Waals surface area contributed by atoms with Crippen LogP contribution in [0.15, 0.2) is 24.3 Å². The minimum absolute atomic E-state index is 0.630. The normalized spacial score (nSPS) is 13.8. The van der Waals surface area contributed by atoms with Crippen LogP contribution >= 0.6 is 0 Å². The first kappa shape index (κ1) is 11.0. The van der Waals surface area contributed by atoms with Gasteiger partial charge in [-0.1, -0.05) is 12.1 Å². The van der Waals surface area contributed by atoms with Gasteiger partial charge in [0.15, 0.2) is 0 Å². The van der Waals surface area contributed by atoms with E-state index in [1.54, 1.807) is 21.0 Å². The summed E-state index contributed by atoms with van der Waals surface area (Å²) in [6, 6.07) is 7.25. The monoisotopic (exact) mass is 195 g/mol. The summed E-state index contributed by atoms with van der Waals surface area (Å²) in [6.45, 7) is 3.59. The number of aliphatic hydroxyl groups is 1. The minimum Gasteiger partial charge on any atom is -0.497 e. The fourth-order valence-electron chi connectivity index (χ4n) is 1.22. The van der Waals surface area contributed by atoms with Crippen LogP contribution in [-0.2, 0) is 0 Å². The van der Waals surface area contributed by atoms with Crippen molar-refractivity contribution in [3.05, 3.63) is 29.8 Å². The molecule has 0 fully saturated rings. The fourth-order valence-corrected chi connectivity index (χ4v) is 1.22. The molecule has 1 unspecified atom stereocenters. The van der Waals surface area contributed by atoms with Crippen molar-refractivity contribution < 1.29 is 9.84 Å². The lowest BCUT2D eigenvalue weighted by atomic mass is 9.92. The summed E-state index contributed by atoms with van der Waals surface area (Å²) in [6.07, 6.45) is -0.659. The summed E-state index contributed by atoms with van der Waals surface area (Å²) in [5, 5.41) is 9.85. The lowest BCUT2D eigenvalue weighted by Gasteiger charge is -2.26. The summed E-state index contributed by atoms with van der Waals surface area (Å²) in [5.74, 6) is 0.774. The molecule has 0 saturated heterocycles. The summed E-state index contributed by atoms with van der Waals surface area (Å²) < 4.78 is 5.02. The van der Waals surface area contributed by atoms with Crippen LogP contribution in [0.25, 0.3) is 0 Å². The van der Waals surface area contributed by atoms with Gasteiger partial charge in [-0.15, -0.1) is 0 Å². The number of aliphatic hydroxyl groups excluding tert-OH is 1. The van der Waals surface area contributed by atoms with Crippen molar-refractivity contribution >= 4 is 0 Å². The lowest BCUT2D eigenvalue weighted by Crippen LogP contribution is -2.39. The van der Waals surface area contributed by atoms with Crippen LogP contribution in [-0.4, -0.2) is 17.8 Å². The Bertz CT molecular complexity index is 287. The number of benzene rings is 1. The zero-order valence-corrected chi connectivity index (χ0v) is 8.82. The first-order valence-corrected chi connectivity index (χ1v) is 4.56. The van der Waals surface area contributed by atoms with Crippen LogP contribution < -0.4 is 10.5 Å². The van der Waals surface area contributed by atoms with Gasteiger partial charge in [-0.05, 0) is 31.5 Å². The Labute approximate surface area is 84.5 Å². The SMILES string of the molecule is COc1ccc(C(O)C(C)(C)N)cc1. The molecular formula is C11H17NO2. The van der Waals surface area contributed by atoms with Gasteiger partial charge >= 0.3 is 0 Å². The van der Waals surface area contributed by atoms with Crippen molar-refractivity contribution in [2.75, 3.05) is 7.11 Å². The summed E-state index contributed by atoms with van der Waals surface area (Å²) in [4.78, 5) is 0. The van der Waals surface area contributed by atoms with Crippen molar-refractivity contribution in [1.29, 1.82) is 0 Å². The van der Waals surface area contributed by atoms with E-state index in [1.165, 1.54) is 0 Å². The standard InChI is InChI=1S/C11H17NO2/c1-11(2,12)10(13)8-4-6-9(14-3)7-5-8/h4-7,10,13H,12H2,1-3H3. The van der Waals surface area contributed by atoms with Crippen molar-refractivity contribution in [2.45, 2.75) is 25.5 Å². The molecule has 0 aliphatic rings. The zero-order chi connectivity index (χ0) is 10.8. The predicted octanol–water partition coefficient (Wildman–Crippen LogP) is 1.47. The Morgan fingerprint density at radius 2 is 1.79 bits per heavy atom. The minimum atomic E-state index is -0.659. The number of hydrogen-bond acceptors (Lipinski definition) is 3. The van der Waals surface area contributed by atoms with Gasteiger partial charge in [-0.25, -0.2) is 0 Å². The molecule has 0 aliphatic heterocycles. The highest BCUT2D eigenvalue weighted by molar-refractivity contribution is 5.29. The summed E-state index contributed by atoms with van der Waals surface area (Å²) in [5.41, 5.74) is 5.97. The molecule has 1 aromatic rings. The van der Waals surface area contributed by atoms with Gasteiger partial charge in [0.1, 0.15) is 5.75 Å². The second kappa shape index (κ2) is 3.98. The molecule has 1 aromatic carbocycles. The van der Waals surface area contributed by atoms with E-state index >= 15 is 0 Å². The first-order valence-electron chi connectivity index (χ1n) is 4.56. The van der Waals surface area contributed by atoms with E-state index in [0.717, 1.165) is 11.3 Å². The molecule has 3 N–H and O–H groups in total. The van der Waals surface area contributed by atoms with Gasteiger partial charge in [0.2, 0.25) is 0 Å².